The zero-order valence-corrected chi connectivity index (χ0v) is 8.99. The van der Waals surface area contributed by atoms with Gasteiger partial charge in [0, 0.05) is 13.6 Å². The molecule has 0 aliphatic carbocycles. The van der Waals surface area contributed by atoms with Crippen LogP contribution in [0.5, 0.6) is 5.75 Å². The molecule has 0 aromatic heterocycles. The van der Waals surface area contributed by atoms with Gasteiger partial charge in [0.1, 0.15) is 0 Å². The van der Waals surface area contributed by atoms with Gasteiger partial charge in [-0.2, -0.15) is 0 Å². The van der Waals surface area contributed by atoms with Gasteiger partial charge in [0.15, 0.2) is 11.9 Å². The summed E-state index contributed by atoms with van der Waals surface area (Å²) < 4.78 is 5.45. The van der Waals surface area contributed by atoms with Crippen LogP contribution in [-0.4, -0.2) is 25.6 Å². The lowest BCUT2D eigenvalue weighted by Crippen LogP contribution is -2.47. The zero-order chi connectivity index (χ0) is 11.0. The molecule has 0 saturated heterocycles. The van der Waals surface area contributed by atoms with Crippen molar-refractivity contribution in [2.75, 3.05) is 18.5 Å². The molecule has 1 aliphatic rings. The maximum Gasteiger partial charge on any atom is 0.269 e. The van der Waals surface area contributed by atoms with E-state index in [4.69, 9.17) is 22.1 Å². The molecule has 0 saturated carbocycles. The lowest BCUT2D eigenvalue weighted by atomic mass is 10.2. The average molecular weight is 227 g/mol. The van der Waals surface area contributed by atoms with Crippen molar-refractivity contribution < 1.29 is 9.53 Å². The number of ether oxygens (including phenoxy) is 1. The first-order valence-corrected chi connectivity index (χ1v) is 4.95. The number of halogens is 1. The van der Waals surface area contributed by atoms with E-state index < -0.39 is 6.10 Å². The van der Waals surface area contributed by atoms with Crippen LogP contribution < -0.4 is 15.4 Å². The molecule has 5 heteroatoms. The second kappa shape index (κ2) is 3.72. The predicted molar refractivity (Wildman–Crippen MR) is 58.3 cm³/mol. The van der Waals surface area contributed by atoms with Gasteiger partial charge >= 0.3 is 0 Å². The largest absolute Gasteiger partial charge is 0.475 e. The molecule has 0 bridgehead atoms. The fraction of sp³-hybridized carbons (Fsp3) is 0.300. The van der Waals surface area contributed by atoms with Gasteiger partial charge in [0.05, 0.1) is 10.7 Å². The number of benzene rings is 1. The van der Waals surface area contributed by atoms with Crippen LogP contribution in [-0.2, 0) is 4.79 Å². The molecule has 1 amide bonds. The highest BCUT2D eigenvalue weighted by atomic mass is 35.5. The second-order valence-electron chi connectivity index (χ2n) is 3.33. The standard InChI is InChI=1S/C10H11ClN2O2/c1-13-7-4-2-3-6(11)9(7)15-8(5-12)10(13)14/h2-4,8H,5,12H2,1H3. The number of anilines is 1. The molecule has 1 unspecified atom stereocenters. The Balaban J connectivity index is 2.50. The Morgan fingerprint density at radius 1 is 1.60 bits per heavy atom. The molecule has 1 aromatic rings. The van der Waals surface area contributed by atoms with E-state index in [-0.39, 0.29) is 12.5 Å². The number of para-hydroxylation sites is 1. The van der Waals surface area contributed by atoms with Gasteiger partial charge < -0.3 is 15.4 Å². The van der Waals surface area contributed by atoms with Gasteiger partial charge in [-0.15, -0.1) is 0 Å². The summed E-state index contributed by atoms with van der Waals surface area (Å²) >= 11 is 5.97. The van der Waals surface area contributed by atoms with Crippen LogP contribution in [0.3, 0.4) is 0 Å². The predicted octanol–water partition coefficient (Wildman–Crippen LogP) is 1.02. The number of nitrogens with zero attached hydrogens (tertiary/aromatic N) is 1. The Labute approximate surface area is 92.6 Å². The molecular weight excluding hydrogens is 216 g/mol. The van der Waals surface area contributed by atoms with Crippen LogP contribution in [0.15, 0.2) is 18.2 Å². The van der Waals surface area contributed by atoms with Crippen molar-refractivity contribution in [3.63, 3.8) is 0 Å². The molecule has 0 radical (unpaired) electrons. The molecule has 1 aliphatic heterocycles. The minimum absolute atomic E-state index is 0.146. The third-order valence-corrected chi connectivity index (χ3v) is 2.69. The summed E-state index contributed by atoms with van der Waals surface area (Å²) in [6.07, 6.45) is -0.637. The third kappa shape index (κ3) is 1.56. The first-order chi connectivity index (χ1) is 7.15. The fourth-order valence-electron chi connectivity index (χ4n) is 1.55. The Kier molecular flexibility index (Phi) is 2.54. The molecule has 0 spiro atoms. The number of carbonyl (C=O) groups excluding carboxylic acids is 1. The molecule has 0 fully saturated rings. The van der Waals surface area contributed by atoms with Crippen molar-refractivity contribution in [1.82, 2.24) is 0 Å². The Bertz CT molecular complexity index is 408. The van der Waals surface area contributed by atoms with Crippen LogP contribution in [0.1, 0.15) is 0 Å². The van der Waals surface area contributed by atoms with Gasteiger partial charge in [-0.1, -0.05) is 17.7 Å². The lowest BCUT2D eigenvalue weighted by molar-refractivity contribution is -0.125. The van der Waals surface area contributed by atoms with E-state index in [0.29, 0.717) is 16.5 Å². The van der Waals surface area contributed by atoms with Crippen molar-refractivity contribution in [3.05, 3.63) is 23.2 Å². The summed E-state index contributed by atoms with van der Waals surface area (Å²) in [5, 5.41) is 0.491. The highest BCUT2D eigenvalue weighted by Crippen LogP contribution is 2.38. The number of nitrogens with two attached hydrogens (primary N) is 1. The average Bonchev–Trinajstić information content (AvgIpc) is 2.24. The van der Waals surface area contributed by atoms with Crippen LogP contribution in [0.25, 0.3) is 0 Å². The van der Waals surface area contributed by atoms with Crippen LogP contribution in [0.2, 0.25) is 5.02 Å². The molecular formula is C10H11ClN2O2. The van der Waals surface area contributed by atoms with Crippen molar-refractivity contribution in [3.8, 4) is 5.75 Å². The van der Waals surface area contributed by atoms with Gasteiger partial charge in [0.25, 0.3) is 5.91 Å². The van der Waals surface area contributed by atoms with Gasteiger partial charge in [-0.05, 0) is 12.1 Å². The second-order valence-corrected chi connectivity index (χ2v) is 3.73. The molecule has 1 atom stereocenters. The number of fused-ring (bicyclic) bond motifs is 1. The normalized spacial score (nSPS) is 19.8. The van der Waals surface area contributed by atoms with Crippen LogP contribution in [0.4, 0.5) is 5.69 Å². The minimum Gasteiger partial charge on any atom is -0.475 e. The molecule has 15 heavy (non-hydrogen) atoms. The van der Waals surface area contributed by atoms with Crippen LogP contribution >= 0.6 is 11.6 Å². The van der Waals surface area contributed by atoms with Gasteiger partial charge in [0.2, 0.25) is 0 Å². The van der Waals surface area contributed by atoms with E-state index in [1.807, 2.05) is 0 Å². The first kappa shape index (κ1) is 10.3. The van der Waals surface area contributed by atoms with E-state index in [1.165, 1.54) is 4.90 Å². The van der Waals surface area contributed by atoms with Gasteiger partial charge in [-0.3, -0.25) is 4.79 Å². The molecule has 80 valence electrons. The molecule has 1 heterocycles. The number of hydrogen-bond donors (Lipinski definition) is 1. The zero-order valence-electron chi connectivity index (χ0n) is 8.24. The quantitative estimate of drug-likeness (QED) is 0.778. The number of likely N-dealkylation sites (N-methyl/N-ethyl adjacent to an activating group) is 1. The first-order valence-electron chi connectivity index (χ1n) is 4.58. The van der Waals surface area contributed by atoms with E-state index in [9.17, 15) is 4.79 Å². The Hall–Kier alpha value is -1.26. The van der Waals surface area contributed by atoms with Crippen molar-refractivity contribution >= 4 is 23.2 Å². The van der Waals surface area contributed by atoms with Crippen molar-refractivity contribution in [2.45, 2.75) is 6.10 Å². The topological polar surface area (TPSA) is 55.6 Å². The molecule has 2 rings (SSSR count). The Morgan fingerprint density at radius 3 is 3.00 bits per heavy atom. The summed E-state index contributed by atoms with van der Waals surface area (Å²) in [6, 6.07) is 5.28. The van der Waals surface area contributed by atoms with E-state index in [0.717, 1.165) is 0 Å². The molecule has 1 aromatic carbocycles. The SMILES string of the molecule is CN1C(=O)C(CN)Oc2c(Cl)cccc21. The molecule has 4 nitrogen and oxygen atoms in total. The summed E-state index contributed by atoms with van der Waals surface area (Å²) in [5.74, 6) is 0.379. The highest BCUT2D eigenvalue weighted by molar-refractivity contribution is 6.32. The summed E-state index contributed by atoms with van der Waals surface area (Å²) in [6.45, 7) is 0.147. The lowest BCUT2D eigenvalue weighted by Gasteiger charge is -2.31. The third-order valence-electron chi connectivity index (χ3n) is 2.39. The Morgan fingerprint density at radius 2 is 2.33 bits per heavy atom. The monoisotopic (exact) mass is 226 g/mol. The number of amides is 1. The van der Waals surface area contributed by atoms with E-state index in [1.54, 1.807) is 25.2 Å². The minimum atomic E-state index is -0.637. The van der Waals surface area contributed by atoms with Crippen LogP contribution in [0, 0.1) is 0 Å². The molecule has 2 N–H and O–H groups in total. The highest BCUT2D eigenvalue weighted by Gasteiger charge is 2.32. The van der Waals surface area contributed by atoms with E-state index >= 15 is 0 Å². The van der Waals surface area contributed by atoms with E-state index in [2.05, 4.69) is 0 Å². The maximum atomic E-state index is 11.7. The van der Waals surface area contributed by atoms with Gasteiger partial charge in [-0.25, -0.2) is 0 Å². The maximum absolute atomic E-state index is 11.7. The number of carbonyl (C=O) groups is 1. The van der Waals surface area contributed by atoms with Crippen molar-refractivity contribution in [1.29, 1.82) is 0 Å². The summed E-state index contributed by atoms with van der Waals surface area (Å²) in [7, 11) is 1.68. The summed E-state index contributed by atoms with van der Waals surface area (Å²) in [4.78, 5) is 13.2. The van der Waals surface area contributed by atoms with Crippen molar-refractivity contribution in [2.24, 2.45) is 5.73 Å². The fourth-order valence-corrected chi connectivity index (χ4v) is 1.77. The summed E-state index contributed by atoms with van der Waals surface area (Å²) in [5.41, 5.74) is 6.13. The number of rotatable bonds is 1. The smallest absolute Gasteiger partial charge is 0.269 e. The number of hydrogen-bond acceptors (Lipinski definition) is 3.